The fourth-order valence-electron chi connectivity index (χ4n) is 1.18. The van der Waals surface area contributed by atoms with E-state index >= 15 is 0 Å². The number of hydrogen-bond donors (Lipinski definition) is 0. The quantitative estimate of drug-likeness (QED) is 0.726. The van der Waals surface area contributed by atoms with Gasteiger partial charge in [-0.3, -0.25) is 0 Å². The predicted molar refractivity (Wildman–Crippen MR) is 52.9 cm³/mol. The first-order valence-corrected chi connectivity index (χ1v) is 4.43. The van der Waals surface area contributed by atoms with E-state index in [1.165, 1.54) is 30.3 Å². The molecule has 0 radical (unpaired) electrons. The largest absolute Gasteiger partial charge is 0.454 e. The highest BCUT2D eigenvalue weighted by Gasteiger charge is 2.03. The molecule has 0 fully saturated rings. The molecular formula is C12H8F2O. The third-order valence-electron chi connectivity index (χ3n) is 1.86. The van der Waals surface area contributed by atoms with Crippen LogP contribution in [0.1, 0.15) is 0 Å². The highest BCUT2D eigenvalue weighted by Crippen LogP contribution is 2.24. The number of benzene rings is 2. The first kappa shape index (κ1) is 9.65. The first-order valence-electron chi connectivity index (χ1n) is 4.43. The van der Waals surface area contributed by atoms with Crippen molar-refractivity contribution in [1.29, 1.82) is 0 Å². The summed E-state index contributed by atoms with van der Waals surface area (Å²) in [5, 5.41) is 0. The van der Waals surface area contributed by atoms with Crippen molar-refractivity contribution in [3.05, 3.63) is 60.2 Å². The van der Waals surface area contributed by atoms with Crippen molar-refractivity contribution >= 4 is 0 Å². The summed E-state index contributed by atoms with van der Waals surface area (Å²) in [6.07, 6.45) is 0. The molecule has 0 aliphatic carbocycles. The molecule has 1 nitrogen and oxygen atoms in total. The maximum Gasteiger partial charge on any atom is 0.165 e. The van der Waals surface area contributed by atoms with Crippen LogP contribution in [0.15, 0.2) is 48.5 Å². The maximum atomic E-state index is 13.2. The van der Waals surface area contributed by atoms with Gasteiger partial charge in [-0.25, -0.2) is 8.78 Å². The van der Waals surface area contributed by atoms with Crippen molar-refractivity contribution in [2.75, 3.05) is 0 Å². The highest BCUT2D eigenvalue weighted by atomic mass is 19.1. The van der Waals surface area contributed by atoms with Crippen LogP contribution in [0, 0.1) is 11.6 Å². The molecule has 0 unspecified atom stereocenters. The zero-order valence-electron chi connectivity index (χ0n) is 7.78. The second-order valence-corrected chi connectivity index (χ2v) is 2.99. The number of ether oxygens (including phenoxy) is 1. The third-order valence-corrected chi connectivity index (χ3v) is 1.86. The van der Waals surface area contributed by atoms with Gasteiger partial charge in [0.15, 0.2) is 11.6 Å². The molecule has 2 rings (SSSR count). The highest BCUT2D eigenvalue weighted by molar-refractivity contribution is 5.31. The topological polar surface area (TPSA) is 9.23 Å². The van der Waals surface area contributed by atoms with Crippen molar-refractivity contribution in [1.82, 2.24) is 0 Å². The van der Waals surface area contributed by atoms with Gasteiger partial charge in [-0.15, -0.1) is 0 Å². The Hall–Kier alpha value is -1.90. The number of halogens is 2. The first-order chi connectivity index (χ1) is 7.25. The van der Waals surface area contributed by atoms with E-state index in [2.05, 4.69) is 0 Å². The second-order valence-electron chi connectivity index (χ2n) is 2.99. The zero-order valence-corrected chi connectivity index (χ0v) is 7.78. The summed E-state index contributed by atoms with van der Waals surface area (Å²) in [4.78, 5) is 0. The molecule has 0 saturated carbocycles. The molecule has 0 amide bonds. The molecule has 0 aliphatic heterocycles. The number of para-hydroxylation sites is 1. The maximum absolute atomic E-state index is 13.2. The van der Waals surface area contributed by atoms with Crippen LogP contribution in [0.2, 0.25) is 0 Å². The number of hydrogen-bond acceptors (Lipinski definition) is 1. The molecule has 15 heavy (non-hydrogen) atoms. The Labute approximate surface area is 85.9 Å². The smallest absolute Gasteiger partial charge is 0.165 e. The van der Waals surface area contributed by atoms with Gasteiger partial charge in [0, 0.05) is 6.07 Å². The molecule has 0 aromatic heterocycles. The van der Waals surface area contributed by atoms with E-state index in [0.29, 0.717) is 0 Å². The van der Waals surface area contributed by atoms with Crippen molar-refractivity contribution in [3.8, 4) is 11.5 Å². The Morgan fingerprint density at radius 1 is 0.867 bits per heavy atom. The van der Waals surface area contributed by atoms with Crippen LogP contribution in [-0.2, 0) is 0 Å². The Kier molecular flexibility index (Phi) is 2.63. The lowest BCUT2D eigenvalue weighted by Crippen LogP contribution is -1.87. The van der Waals surface area contributed by atoms with Crippen LogP contribution in [0.3, 0.4) is 0 Å². The molecule has 0 saturated heterocycles. The molecule has 0 heterocycles. The molecule has 2 aromatic rings. The third kappa shape index (κ3) is 2.31. The summed E-state index contributed by atoms with van der Waals surface area (Å²) in [6.45, 7) is 0. The SMILES string of the molecule is Fc1cccc(Oc2ccccc2F)c1. The minimum absolute atomic E-state index is 0.0862. The summed E-state index contributed by atoms with van der Waals surface area (Å²) in [6, 6.07) is 11.6. The fourth-order valence-corrected chi connectivity index (χ4v) is 1.18. The van der Waals surface area contributed by atoms with Gasteiger partial charge in [-0.1, -0.05) is 18.2 Å². The molecule has 76 valence electrons. The van der Waals surface area contributed by atoms with Crippen LogP contribution in [-0.4, -0.2) is 0 Å². The van der Waals surface area contributed by atoms with E-state index < -0.39 is 11.6 Å². The summed E-state index contributed by atoms with van der Waals surface area (Å²) in [7, 11) is 0. The van der Waals surface area contributed by atoms with Crippen LogP contribution in [0.25, 0.3) is 0 Å². The summed E-state index contributed by atoms with van der Waals surface area (Å²) in [5.41, 5.74) is 0. The van der Waals surface area contributed by atoms with E-state index in [9.17, 15) is 8.78 Å². The van der Waals surface area contributed by atoms with Gasteiger partial charge < -0.3 is 4.74 Å². The van der Waals surface area contributed by atoms with E-state index in [0.717, 1.165) is 0 Å². The van der Waals surface area contributed by atoms with Crippen molar-refractivity contribution < 1.29 is 13.5 Å². The molecule has 0 N–H and O–H groups in total. The molecule has 3 heteroatoms. The molecule has 0 spiro atoms. The second kappa shape index (κ2) is 4.09. The molecule has 0 atom stereocenters. The molecule has 0 bridgehead atoms. The zero-order chi connectivity index (χ0) is 10.7. The Bertz CT molecular complexity index is 469. The fraction of sp³-hybridized carbons (Fsp3) is 0. The van der Waals surface area contributed by atoms with E-state index in [4.69, 9.17) is 4.74 Å². The van der Waals surface area contributed by atoms with Crippen LogP contribution < -0.4 is 4.74 Å². The summed E-state index contributed by atoms with van der Waals surface area (Å²) >= 11 is 0. The van der Waals surface area contributed by atoms with Gasteiger partial charge in [0.1, 0.15) is 11.6 Å². The average molecular weight is 206 g/mol. The van der Waals surface area contributed by atoms with Gasteiger partial charge in [0.2, 0.25) is 0 Å². The Balaban J connectivity index is 2.26. The normalized spacial score (nSPS) is 10.0. The monoisotopic (exact) mass is 206 g/mol. The van der Waals surface area contributed by atoms with Crippen LogP contribution >= 0.6 is 0 Å². The van der Waals surface area contributed by atoms with E-state index in [1.54, 1.807) is 18.2 Å². The van der Waals surface area contributed by atoms with Gasteiger partial charge >= 0.3 is 0 Å². The molecule has 2 aromatic carbocycles. The van der Waals surface area contributed by atoms with E-state index in [1.807, 2.05) is 0 Å². The van der Waals surface area contributed by atoms with Crippen LogP contribution in [0.5, 0.6) is 11.5 Å². The van der Waals surface area contributed by atoms with Gasteiger partial charge in [-0.05, 0) is 24.3 Å². The minimum Gasteiger partial charge on any atom is -0.454 e. The lowest BCUT2D eigenvalue weighted by Gasteiger charge is -2.05. The van der Waals surface area contributed by atoms with Crippen LogP contribution in [0.4, 0.5) is 8.78 Å². The summed E-state index contributed by atoms with van der Waals surface area (Å²) in [5.74, 6) is -0.520. The van der Waals surface area contributed by atoms with Crippen molar-refractivity contribution in [2.45, 2.75) is 0 Å². The van der Waals surface area contributed by atoms with Gasteiger partial charge in [-0.2, -0.15) is 0 Å². The van der Waals surface area contributed by atoms with Gasteiger partial charge in [0.25, 0.3) is 0 Å². The Morgan fingerprint density at radius 2 is 1.67 bits per heavy atom. The average Bonchev–Trinajstić information content (AvgIpc) is 2.22. The lowest BCUT2D eigenvalue weighted by atomic mass is 10.3. The van der Waals surface area contributed by atoms with Crippen molar-refractivity contribution in [3.63, 3.8) is 0 Å². The van der Waals surface area contributed by atoms with E-state index in [-0.39, 0.29) is 11.5 Å². The predicted octanol–water partition coefficient (Wildman–Crippen LogP) is 3.76. The molecular weight excluding hydrogens is 198 g/mol. The lowest BCUT2D eigenvalue weighted by molar-refractivity contribution is 0.439. The number of rotatable bonds is 2. The Morgan fingerprint density at radius 3 is 2.40 bits per heavy atom. The summed E-state index contributed by atoms with van der Waals surface area (Å²) < 4.78 is 31.1. The standard InChI is InChI=1S/C12H8F2O/c13-9-4-3-5-10(8-9)15-12-7-2-1-6-11(12)14/h1-8H. The minimum atomic E-state index is -0.471. The van der Waals surface area contributed by atoms with Crippen molar-refractivity contribution in [2.24, 2.45) is 0 Å². The molecule has 0 aliphatic rings. The van der Waals surface area contributed by atoms with Gasteiger partial charge in [0.05, 0.1) is 0 Å².